The largest absolute Gasteiger partial charge is 0.497 e. The molecule has 1 rings (SSSR count). The molecule has 0 aromatic heterocycles. The molecule has 2 nitrogen and oxygen atoms in total. The van der Waals surface area contributed by atoms with E-state index in [0.29, 0.717) is 5.92 Å². The van der Waals surface area contributed by atoms with Gasteiger partial charge in [0.15, 0.2) is 0 Å². The highest BCUT2D eigenvalue weighted by Crippen LogP contribution is 2.18. The summed E-state index contributed by atoms with van der Waals surface area (Å²) in [6.07, 6.45) is 4.91. The van der Waals surface area contributed by atoms with E-state index in [1.165, 1.54) is 24.8 Å². The van der Waals surface area contributed by atoms with Crippen molar-refractivity contribution in [1.82, 2.24) is 0 Å². The third-order valence-electron chi connectivity index (χ3n) is 3.41. The van der Waals surface area contributed by atoms with Crippen LogP contribution in [0.4, 0.5) is 0 Å². The van der Waals surface area contributed by atoms with E-state index in [9.17, 15) is 0 Å². The first-order valence-corrected chi connectivity index (χ1v) is 6.98. The normalized spacial score (nSPS) is 12.7. The van der Waals surface area contributed by atoms with Crippen LogP contribution in [0.1, 0.15) is 38.7 Å². The van der Waals surface area contributed by atoms with Gasteiger partial charge in [-0.25, -0.2) is 0 Å². The predicted octanol–water partition coefficient (Wildman–Crippen LogP) is 3.64. The zero-order valence-corrected chi connectivity index (χ0v) is 12.0. The fourth-order valence-corrected chi connectivity index (χ4v) is 2.21. The molecule has 0 amide bonds. The zero-order chi connectivity index (χ0) is 13.4. The van der Waals surface area contributed by atoms with Crippen LogP contribution in [-0.2, 0) is 6.42 Å². The van der Waals surface area contributed by atoms with Crippen LogP contribution in [0.3, 0.4) is 0 Å². The molecule has 0 aliphatic heterocycles. The molecule has 0 heterocycles. The van der Waals surface area contributed by atoms with Crippen LogP contribution in [0.15, 0.2) is 24.3 Å². The molecule has 0 fully saturated rings. The Labute approximate surface area is 112 Å². The second-order valence-electron chi connectivity index (χ2n) is 5.48. The molecular weight excluding hydrogens is 222 g/mol. The van der Waals surface area contributed by atoms with Gasteiger partial charge in [0.2, 0.25) is 0 Å². The van der Waals surface area contributed by atoms with Gasteiger partial charge >= 0.3 is 0 Å². The van der Waals surface area contributed by atoms with Crippen LogP contribution < -0.4 is 10.5 Å². The smallest absolute Gasteiger partial charge is 0.118 e. The van der Waals surface area contributed by atoms with Crippen molar-refractivity contribution in [3.63, 3.8) is 0 Å². The van der Waals surface area contributed by atoms with Crippen LogP contribution in [-0.4, -0.2) is 13.7 Å². The van der Waals surface area contributed by atoms with Gasteiger partial charge in [-0.1, -0.05) is 38.8 Å². The van der Waals surface area contributed by atoms with E-state index < -0.39 is 0 Å². The first-order chi connectivity index (χ1) is 8.65. The van der Waals surface area contributed by atoms with Gasteiger partial charge in [-0.15, -0.1) is 0 Å². The van der Waals surface area contributed by atoms with E-state index in [-0.39, 0.29) is 0 Å². The zero-order valence-electron chi connectivity index (χ0n) is 12.0. The molecule has 0 radical (unpaired) electrons. The van der Waals surface area contributed by atoms with Crippen LogP contribution in [0, 0.1) is 11.8 Å². The highest BCUT2D eigenvalue weighted by Gasteiger charge is 2.08. The quantitative estimate of drug-likeness (QED) is 0.763. The van der Waals surface area contributed by atoms with Crippen LogP contribution in [0.2, 0.25) is 0 Å². The second-order valence-corrected chi connectivity index (χ2v) is 5.48. The lowest BCUT2D eigenvalue weighted by Crippen LogP contribution is -2.17. The molecule has 1 aromatic carbocycles. The molecule has 0 aliphatic carbocycles. The van der Waals surface area contributed by atoms with Crippen molar-refractivity contribution in [3.05, 3.63) is 29.8 Å². The highest BCUT2D eigenvalue weighted by atomic mass is 16.5. The Kier molecular flexibility index (Phi) is 6.81. The Morgan fingerprint density at radius 1 is 1.11 bits per heavy atom. The van der Waals surface area contributed by atoms with E-state index in [1.54, 1.807) is 7.11 Å². The molecule has 0 spiro atoms. The van der Waals surface area contributed by atoms with Crippen LogP contribution in [0.25, 0.3) is 0 Å². The molecule has 0 aliphatic rings. The van der Waals surface area contributed by atoms with Gasteiger partial charge in [0.25, 0.3) is 0 Å². The van der Waals surface area contributed by atoms with Crippen molar-refractivity contribution >= 4 is 0 Å². The summed E-state index contributed by atoms with van der Waals surface area (Å²) in [4.78, 5) is 0. The summed E-state index contributed by atoms with van der Waals surface area (Å²) in [5, 5.41) is 0. The summed E-state index contributed by atoms with van der Waals surface area (Å²) < 4.78 is 5.17. The monoisotopic (exact) mass is 249 g/mol. The topological polar surface area (TPSA) is 35.2 Å². The van der Waals surface area contributed by atoms with Gasteiger partial charge in [0.1, 0.15) is 5.75 Å². The third kappa shape index (κ3) is 5.54. The van der Waals surface area contributed by atoms with Crippen molar-refractivity contribution in [2.75, 3.05) is 13.7 Å². The Balaban J connectivity index is 2.41. The predicted molar refractivity (Wildman–Crippen MR) is 77.9 cm³/mol. The molecule has 1 unspecified atom stereocenters. The Morgan fingerprint density at radius 2 is 1.78 bits per heavy atom. The number of ether oxygens (including phenoxy) is 1. The van der Waals surface area contributed by atoms with Crippen molar-refractivity contribution < 1.29 is 4.74 Å². The van der Waals surface area contributed by atoms with Crippen molar-refractivity contribution in [2.24, 2.45) is 17.6 Å². The maximum Gasteiger partial charge on any atom is 0.118 e. The number of benzene rings is 1. The number of methoxy groups -OCH3 is 1. The van der Waals surface area contributed by atoms with E-state index in [1.807, 2.05) is 12.1 Å². The average molecular weight is 249 g/mol. The fraction of sp³-hybridized carbons (Fsp3) is 0.625. The lowest BCUT2D eigenvalue weighted by Gasteiger charge is -2.15. The van der Waals surface area contributed by atoms with Crippen LogP contribution >= 0.6 is 0 Å². The molecular formula is C16H27NO. The molecule has 102 valence electrons. The van der Waals surface area contributed by atoms with E-state index in [0.717, 1.165) is 24.6 Å². The number of hydrogen-bond acceptors (Lipinski definition) is 2. The number of rotatable bonds is 8. The lowest BCUT2D eigenvalue weighted by molar-refractivity contribution is 0.413. The van der Waals surface area contributed by atoms with Gasteiger partial charge in [-0.05, 0) is 48.9 Å². The Bertz CT molecular complexity index is 318. The number of nitrogens with two attached hydrogens (primary N) is 1. The summed E-state index contributed by atoms with van der Waals surface area (Å²) in [6.45, 7) is 5.34. The first kappa shape index (κ1) is 15.0. The first-order valence-electron chi connectivity index (χ1n) is 6.98. The molecule has 1 atom stereocenters. The molecule has 2 N–H and O–H groups in total. The Morgan fingerprint density at radius 3 is 2.28 bits per heavy atom. The van der Waals surface area contributed by atoms with E-state index >= 15 is 0 Å². The maximum atomic E-state index is 5.87. The fourth-order valence-electron chi connectivity index (χ4n) is 2.21. The van der Waals surface area contributed by atoms with E-state index in [2.05, 4.69) is 26.0 Å². The summed E-state index contributed by atoms with van der Waals surface area (Å²) in [5.74, 6) is 2.32. The summed E-state index contributed by atoms with van der Waals surface area (Å²) in [7, 11) is 1.70. The highest BCUT2D eigenvalue weighted by molar-refractivity contribution is 5.27. The van der Waals surface area contributed by atoms with Crippen molar-refractivity contribution in [2.45, 2.75) is 39.5 Å². The third-order valence-corrected chi connectivity index (χ3v) is 3.41. The average Bonchev–Trinajstić information content (AvgIpc) is 2.38. The molecule has 0 saturated carbocycles. The van der Waals surface area contributed by atoms with Gasteiger partial charge in [-0.2, -0.15) is 0 Å². The lowest BCUT2D eigenvalue weighted by atomic mass is 9.92. The molecule has 2 heteroatoms. The standard InChI is InChI=1S/C16H27NO/c1-13(2)5-4-6-15(12-17)11-14-7-9-16(18-3)10-8-14/h7-10,13,15H,4-6,11-12,17H2,1-3H3. The molecule has 1 aromatic rings. The minimum absolute atomic E-state index is 0.608. The van der Waals surface area contributed by atoms with Gasteiger partial charge in [-0.3, -0.25) is 0 Å². The summed E-state index contributed by atoms with van der Waals surface area (Å²) in [5.41, 5.74) is 7.23. The number of hydrogen-bond donors (Lipinski definition) is 1. The van der Waals surface area contributed by atoms with Gasteiger partial charge in [0.05, 0.1) is 7.11 Å². The molecule has 0 saturated heterocycles. The molecule has 0 bridgehead atoms. The van der Waals surface area contributed by atoms with Crippen molar-refractivity contribution in [1.29, 1.82) is 0 Å². The Hall–Kier alpha value is -1.02. The van der Waals surface area contributed by atoms with E-state index in [4.69, 9.17) is 10.5 Å². The van der Waals surface area contributed by atoms with Gasteiger partial charge in [0, 0.05) is 0 Å². The van der Waals surface area contributed by atoms with Crippen molar-refractivity contribution in [3.8, 4) is 5.75 Å². The SMILES string of the molecule is COc1ccc(CC(CN)CCCC(C)C)cc1. The summed E-state index contributed by atoms with van der Waals surface area (Å²) >= 11 is 0. The second kappa shape index (κ2) is 8.15. The summed E-state index contributed by atoms with van der Waals surface area (Å²) in [6, 6.07) is 8.34. The minimum atomic E-state index is 0.608. The van der Waals surface area contributed by atoms with Gasteiger partial charge < -0.3 is 10.5 Å². The minimum Gasteiger partial charge on any atom is -0.497 e. The molecule has 18 heavy (non-hydrogen) atoms. The van der Waals surface area contributed by atoms with Crippen LogP contribution in [0.5, 0.6) is 5.75 Å². The maximum absolute atomic E-state index is 5.87.